The Labute approximate surface area is 174 Å². The minimum atomic E-state index is -3.71. The highest BCUT2D eigenvalue weighted by molar-refractivity contribution is 7.90. The number of para-hydroxylation sites is 1. The molecule has 162 valence electrons. The molecule has 2 aliphatic rings. The number of rotatable bonds is 6. The Bertz CT molecular complexity index is 800. The van der Waals surface area contributed by atoms with Crippen LogP contribution in [0.25, 0.3) is 0 Å². The third-order valence-electron chi connectivity index (χ3n) is 6.04. The highest BCUT2D eigenvalue weighted by Gasteiger charge is 2.35. The standard InChI is InChI=1S/C21H34N4O3S/c1-14(2)18-6-5-7-19(15(3)4)20(18)23-21(26)24-29(27,28)17-8-10-25(11-9-17)16-12-22-13-16/h5-7,14-17,22H,8-13H2,1-4H3,(H2,23,24,26). The Morgan fingerprint density at radius 2 is 1.62 bits per heavy atom. The molecule has 3 rings (SSSR count). The van der Waals surface area contributed by atoms with Crippen LogP contribution in [0.1, 0.15) is 63.5 Å². The lowest BCUT2D eigenvalue weighted by Crippen LogP contribution is -2.59. The van der Waals surface area contributed by atoms with Gasteiger partial charge in [0, 0.05) is 24.8 Å². The second kappa shape index (κ2) is 9.02. The molecule has 29 heavy (non-hydrogen) atoms. The lowest BCUT2D eigenvalue weighted by atomic mass is 9.93. The van der Waals surface area contributed by atoms with Gasteiger partial charge in [0.25, 0.3) is 0 Å². The van der Waals surface area contributed by atoms with Crippen molar-refractivity contribution in [2.75, 3.05) is 31.5 Å². The van der Waals surface area contributed by atoms with Gasteiger partial charge < -0.3 is 10.6 Å². The zero-order valence-electron chi connectivity index (χ0n) is 17.9. The van der Waals surface area contributed by atoms with Gasteiger partial charge in [-0.1, -0.05) is 45.9 Å². The van der Waals surface area contributed by atoms with Crippen LogP contribution >= 0.6 is 0 Å². The Morgan fingerprint density at radius 3 is 2.07 bits per heavy atom. The molecule has 8 heteroatoms. The summed E-state index contributed by atoms with van der Waals surface area (Å²) in [5.41, 5.74) is 2.73. The van der Waals surface area contributed by atoms with Crippen molar-refractivity contribution in [2.24, 2.45) is 0 Å². The van der Waals surface area contributed by atoms with E-state index in [0.29, 0.717) is 18.9 Å². The molecule has 0 spiro atoms. The molecule has 2 fully saturated rings. The van der Waals surface area contributed by atoms with Crippen molar-refractivity contribution in [3.63, 3.8) is 0 Å². The summed E-state index contributed by atoms with van der Waals surface area (Å²) >= 11 is 0. The fraction of sp³-hybridized carbons (Fsp3) is 0.667. The summed E-state index contributed by atoms with van der Waals surface area (Å²) in [6, 6.07) is 5.79. The maximum Gasteiger partial charge on any atom is 0.332 e. The Hall–Kier alpha value is -1.64. The van der Waals surface area contributed by atoms with Crippen molar-refractivity contribution >= 4 is 21.7 Å². The Morgan fingerprint density at radius 1 is 1.07 bits per heavy atom. The van der Waals surface area contributed by atoms with Crippen molar-refractivity contribution < 1.29 is 13.2 Å². The molecular weight excluding hydrogens is 388 g/mol. The summed E-state index contributed by atoms with van der Waals surface area (Å²) in [4.78, 5) is 15.0. The van der Waals surface area contributed by atoms with Gasteiger partial charge >= 0.3 is 6.03 Å². The van der Waals surface area contributed by atoms with Crippen LogP contribution in [0, 0.1) is 0 Å². The maximum atomic E-state index is 12.8. The number of anilines is 1. The first kappa shape index (κ1) is 22.1. The molecule has 0 radical (unpaired) electrons. The van der Waals surface area contributed by atoms with Gasteiger partial charge in [-0.15, -0.1) is 0 Å². The van der Waals surface area contributed by atoms with Gasteiger partial charge in [-0.25, -0.2) is 17.9 Å². The summed E-state index contributed by atoms with van der Waals surface area (Å²) in [7, 11) is -3.71. The lowest BCUT2D eigenvalue weighted by Gasteiger charge is -2.41. The van der Waals surface area contributed by atoms with Crippen LogP contribution in [-0.2, 0) is 10.0 Å². The van der Waals surface area contributed by atoms with Crippen LogP contribution in [-0.4, -0.2) is 56.8 Å². The molecule has 0 bridgehead atoms. The second-order valence-electron chi connectivity index (χ2n) is 8.77. The van der Waals surface area contributed by atoms with Crippen molar-refractivity contribution in [3.05, 3.63) is 29.3 Å². The van der Waals surface area contributed by atoms with E-state index in [0.717, 1.165) is 43.0 Å². The summed E-state index contributed by atoms with van der Waals surface area (Å²) in [5.74, 6) is 0.428. The van der Waals surface area contributed by atoms with Gasteiger partial charge in [-0.2, -0.15) is 0 Å². The van der Waals surface area contributed by atoms with Crippen LogP contribution in [0.2, 0.25) is 0 Å². The first-order valence-electron chi connectivity index (χ1n) is 10.6. The number of urea groups is 1. The highest BCUT2D eigenvalue weighted by Crippen LogP contribution is 2.32. The summed E-state index contributed by atoms with van der Waals surface area (Å²) in [6.07, 6.45) is 1.11. The highest BCUT2D eigenvalue weighted by atomic mass is 32.2. The van der Waals surface area contributed by atoms with Gasteiger partial charge in [0.05, 0.1) is 5.25 Å². The van der Waals surface area contributed by atoms with Gasteiger partial charge in [0.2, 0.25) is 10.0 Å². The summed E-state index contributed by atoms with van der Waals surface area (Å²) < 4.78 is 27.8. The van der Waals surface area contributed by atoms with Gasteiger partial charge in [-0.05, 0) is 48.9 Å². The number of benzene rings is 1. The topological polar surface area (TPSA) is 90.5 Å². The molecule has 2 aliphatic heterocycles. The van der Waals surface area contributed by atoms with Crippen molar-refractivity contribution in [1.29, 1.82) is 0 Å². The number of nitrogens with zero attached hydrogens (tertiary/aromatic N) is 1. The van der Waals surface area contributed by atoms with E-state index in [4.69, 9.17) is 0 Å². The molecule has 0 aliphatic carbocycles. The number of carbonyl (C=O) groups excluding carboxylic acids is 1. The van der Waals surface area contributed by atoms with Crippen LogP contribution in [0.3, 0.4) is 0 Å². The van der Waals surface area contributed by atoms with Crippen molar-refractivity contribution in [2.45, 2.75) is 63.7 Å². The molecular formula is C21H34N4O3S. The van der Waals surface area contributed by atoms with E-state index in [1.807, 2.05) is 18.2 Å². The average molecular weight is 423 g/mol. The summed E-state index contributed by atoms with van der Waals surface area (Å²) in [6.45, 7) is 11.7. The molecule has 1 aromatic carbocycles. The number of sulfonamides is 1. The van der Waals surface area contributed by atoms with E-state index in [2.05, 4.69) is 48.0 Å². The molecule has 1 aromatic rings. The largest absolute Gasteiger partial charge is 0.332 e. The number of hydrogen-bond donors (Lipinski definition) is 3. The van der Waals surface area contributed by atoms with Crippen LogP contribution in [0.15, 0.2) is 18.2 Å². The molecule has 2 heterocycles. The Kier molecular flexibility index (Phi) is 6.86. The van der Waals surface area contributed by atoms with Crippen LogP contribution in [0.4, 0.5) is 10.5 Å². The monoisotopic (exact) mass is 422 g/mol. The first-order valence-corrected chi connectivity index (χ1v) is 12.1. The molecule has 0 saturated carbocycles. The predicted molar refractivity (Wildman–Crippen MR) is 117 cm³/mol. The van der Waals surface area contributed by atoms with Crippen molar-refractivity contribution in [1.82, 2.24) is 14.9 Å². The van der Waals surface area contributed by atoms with Gasteiger partial charge in [-0.3, -0.25) is 4.90 Å². The average Bonchev–Trinajstić information content (AvgIpc) is 2.60. The molecule has 3 N–H and O–H groups in total. The number of hydrogen-bond acceptors (Lipinski definition) is 5. The lowest BCUT2D eigenvalue weighted by molar-refractivity contribution is 0.122. The van der Waals surface area contributed by atoms with E-state index in [-0.39, 0.29) is 11.8 Å². The normalized spacial score (nSPS) is 19.4. The minimum Gasteiger partial charge on any atom is -0.314 e. The summed E-state index contributed by atoms with van der Waals surface area (Å²) in [5, 5.41) is 5.56. The molecule has 0 atom stereocenters. The fourth-order valence-corrected chi connectivity index (χ4v) is 5.44. The predicted octanol–water partition coefficient (Wildman–Crippen LogP) is 2.82. The van der Waals surface area contributed by atoms with E-state index in [1.54, 1.807) is 0 Å². The zero-order valence-corrected chi connectivity index (χ0v) is 18.7. The van der Waals surface area contributed by atoms with E-state index in [1.165, 1.54) is 0 Å². The molecule has 2 amide bonds. The number of nitrogens with one attached hydrogen (secondary N) is 3. The smallest absolute Gasteiger partial charge is 0.314 e. The molecule has 0 unspecified atom stereocenters. The molecule has 7 nitrogen and oxygen atoms in total. The minimum absolute atomic E-state index is 0.214. The number of piperidine rings is 1. The fourth-order valence-electron chi connectivity index (χ4n) is 4.13. The molecule has 2 saturated heterocycles. The van der Waals surface area contributed by atoms with E-state index >= 15 is 0 Å². The first-order chi connectivity index (χ1) is 13.7. The second-order valence-corrected chi connectivity index (χ2v) is 10.7. The SMILES string of the molecule is CC(C)c1cccc(C(C)C)c1NC(=O)NS(=O)(=O)C1CCN(C2CNC2)CC1. The van der Waals surface area contributed by atoms with E-state index < -0.39 is 21.3 Å². The molecule has 0 aromatic heterocycles. The van der Waals surface area contributed by atoms with Crippen LogP contribution < -0.4 is 15.4 Å². The number of carbonyl (C=O) groups is 1. The van der Waals surface area contributed by atoms with Crippen molar-refractivity contribution in [3.8, 4) is 0 Å². The maximum absolute atomic E-state index is 12.8. The third-order valence-corrected chi connectivity index (χ3v) is 7.86. The quantitative estimate of drug-likeness (QED) is 0.656. The van der Waals surface area contributed by atoms with Crippen LogP contribution in [0.5, 0.6) is 0 Å². The van der Waals surface area contributed by atoms with Gasteiger partial charge in [0.1, 0.15) is 0 Å². The number of likely N-dealkylation sites (tertiary alicyclic amines) is 1. The number of amides is 2. The Balaban J connectivity index is 1.66. The van der Waals surface area contributed by atoms with Gasteiger partial charge in [0.15, 0.2) is 0 Å². The third kappa shape index (κ3) is 5.10. The zero-order chi connectivity index (χ0) is 21.2. The van der Waals surface area contributed by atoms with E-state index in [9.17, 15) is 13.2 Å².